The molecule has 4 aromatic carbocycles. The molecule has 6 aromatic rings. The van der Waals surface area contributed by atoms with Gasteiger partial charge in [-0.15, -0.1) is 0 Å². The number of hydrogen-bond donors (Lipinski definition) is 2. The number of hydrogen-bond acceptors (Lipinski definition) is 2. The lowest BCUT2D eigenvalue weighted by atomic mass is 9.96. The van der Waals surface area contributed by atoms with Crippen molar-refractivity contribution in [1.82, 2.24) is 19.8 Å². The number of aromatic amines is 2. The highest BCUT2D eigenvalue weighted by molar-refractivity contribution is 5.85. The number of rotatable bonds is 7. The number of nitrogens with zero attached hydrogens (tertiary/aromatic N) is 2. The first-order valence-electron chi connectivity index (χ1n) is 18.5. The van der Waals surface area contributed by atoms with Gasteiger partial charge in [-0.2, -0.15) is 0 Å². The number of benzene rings is 4. The van der Waals surface area contributed by atoms with Crippen LogP contribution in [0.3, 0.4) is 0 Å². The summed E-state index contributed by atoms with van der Waals surface area (Å²) >= 11 is 0. The van der Waals surface area contributed by atoms with Gasteiger partial charge in [0.1, 0.15) is 0 Å². The van der Waals surface area contributed by atoms with E-state index in [-0.39, 0.29) is 0 Å². The zero-order chi connectivity index (χ0) is 32.1. The van der Waals surface area contributed by atoms with Crippen LogP contribution in [-0.2, 0) is 38.5 Å². The smallest absolute Gasteiger partial charge is 0.0459 e. The van der Waals surface area contributed by atoms with Crippen molar-refractivity contribution < 1.29 is 0 Å². The van der Waals surface area contributed by atoms with Crippen LogP contribution in [0.15, 0.2) is 97.1 Å². The molecule has 0 unspecified atom stereocenters. The molecule has 0 fully saturated rings. The number of para-hydroxylation sites is 2. The van der Waals surface area contributed by atoms with Gasteiger partial charge in [0, 0.05) is 72.2 Å². The minimum atomic E-state index is 1.01. The number of fused-ring (bicyclic) bond motifs is 8. The van der Waals surface area contributed by atoms with Gasteiger partial charge in [0.25, 0.3) is 0 Å². The molecule has 0 saturated heterocycles. The van der Waals surface area contributed by atoms with Gasteiger partial charge in [-0.3, -0.25) is 0 Å². The first-order valence-corrected chi connectivity index (χ1v) is 18.5. The minimum Gasteiger partial charge on any atom is -0.358 e. The van der Waals surface area contributed by atoms with Gasteiger partial charge in [0.2, 0.25) is 0 Å². The number of H-pyrrole nitrogens is 2. The number of unbranched alkanes of at least 4 members (excludes halogenated alkanes) is 3. The molecular weight excluding hydrogens is 585 g/mol. The Morgan fingerprint density at radius 1 is 0.417 bits per heavy atom. The van der Waals surface area contributed by atoms with Crippen LogP contribution in [0.2, 0.25) is 0 Å². The molecule has 2 aromatic heterocycles. The van der Waals surface area contributed by atoms with E-state index < -0.39 is 0 Å². The Labute approximate surface area is 286 Å². The van der Waals surface area contributed by atoms with E-state index in [1.807, 2.05) is 0 Å². The van der Waals surface area contributed by atoms with E-state index in [2.05, 4.69) is 117 Å². The molecule has 0 bridgehead atoms. The largest absolute Gasteiger partial charge is 0.358 e. The Hall–Kier alpha value is -4.12. The van der Waals surface area contributed by atoms with E-state index in [1.54, 1.807) is 0 Å². The molecule has 4 heterocycles. The first kappa shape index (κ1) is 31.2. The topological polar surface area (TPSA) is 38.1 Å². The summed E-state index contributed by atoms with van der Waals surface area (Å²) in [5.74, 6) is 0. The lowest BCUT2D eigenvalue weighted by molar-refractivity contribution is 0.261. The average molecular weight is 635 g/mol. The normalized spacial score (nSPS) is 16.2. The van der Waals surface area contributed by atoms with Crippen molar-refractivity contribution in [2.24, 2.45) is 0 Å². The fraction of sp³-hybridized carbons (Fsp3) is 0.364. The van der Waals surface area contributed by atoms with Crippen molar-refractivity contribution in [2.75, 3.05) is 39.3 Å². The second-order valence-corrected chi connectivity index (χ2v) is 14.2. The molecule has 0 atom stereocenters. The first-order chi connectivity index (χ1) is 23.8. The zero-order valence-electron chi connectivity index (χ0n) is 28.4. The summed E-state index contributed by atoms with van der Waals surface area (Å²) < 4.78 is 0. The van der Waals surface area contributed by atoms with E-state index in [4.69, 9.17) is 0 Å². The fourth-order valence-electron chi connectivity index (χ4n) is 8.51. The van der Waals surface area contributed by atoms with Gasteiger partial charge in [-0.1, -0.05) is 97.8 Å². The Morgan fingerprint density at radius 3 is 1.29 bits per heavy atom. The van der Waals surface area contributed by atoms with Gasteiger partial charge in [-0.25, -0.2) is 0 Å². The second-order valence-electron chi connectivity index (χ2n) is 14.2. The van der Waals surface area contributed by atoms with Crippen LogP contribution in [0.5, 0.6) is 0 Å². The zero-order valence-corrected chi connectivity index (χ0v) is 28.4. The average Bonchev–Trinajstić information content (AvgIpc) is 3.65. The van der Waals surface area contributed by atoms with Crippen molar-refractivity contribution in [2.45, 2.75) is 64.2 Å². The summed E-state index contributed by atoms with van der Waals surface area (Å²) in [5, 5.41) is 2.82. The lowest BCUT2D eigenvalue weighted by Crippen LogP contribution is -2.31. The third kappa shape index (κ3) is 6.88. The molecule has 8 rings (SSSR count). The van der Waals surface area contributed by atoms with E-state index in [9.17, 15) is 0 Å². The Kier molecular flexibility index (Phi) is 9.45. The number of nitrogens with one attached hydrogen (secondary N) is 2. The van der Waals surface area contributed by atoms with Crippen molar-refractivity contribution in [3.05, 3.63) is 142 Å². The van der Waals surface area contributed by atoms with Gasteiger partial charge >= 0.3 is 0 Å². The maximum atomic E-state index is 3.79. The van der Waals surface area contributed by atoms with Crippen molar-refractivity contribution >= 4 is 21.8 Å². The highest BCUT2D eigenvalue weighted by Gasteiger charge is 2.19. The van der Waals surface area contributed by atoms with Gasteiger partial charge in [-0.05, 0) is 97.1 Å². The molecule has 2 aliphatic heterocycles. The molecule has 4 nitrogen and oxygen atoms in total. The molecule has 0 saturated carbocycles. The Bertz CT molecular complexity index is 1840. The minimum absolute atomic E-state index is 1.01. The van der Waals surface area contributed by atoms with Crippen LogP contribution < -0.4 is 0 Å². The summed E-state index contributed by atoms with van der Waals surface area (Å²) in [7, 11) is 0. The van der Waals surface area contributed by atoms with Crippen molar-refractivity contribution in [1.29, 1.82) is 0 Å². The molecule has 48 heavy (non-hydrogen) atoms. The highest BCUT2D eigenvalue weighted by atomic mass is 15.1. The van der Waals surface area contributed by atoms with Crippen LogP contribution >= 0.6 is 0 Å². The molecule has 0 aliphatic carbocycles. The summed E-state index contributed by atoms with van der Waals surface area (Å²) in [5.41, 5.74) is 14.4. The maximum absolute atomic E-state index is 3.79. The standard InChI is InChI=1S/C44H50N4/c1(11-25-47-27-21-33-13-3-5-15-35(33)31-43-39(23-29-47)37-17-7-9-19-41(37)45-43)2-12-26-48-28-22-34-14-4-6-16-36(34)32-44-40(24-30-48)38-18-8-10-20-42(38)46-44/h3-10,13-20,45-46H,1-2,11-12,21-32H2. The third-order valence-corrected chi connectivity index (χ3v) is 11.2. The molecule has 4 heteroatoms. The van der Waals surface area contributed by atoms with Crippen LogP contribution in [0.4, 0.5) is 0 Å². The maximum Gasteiger partial charge on any atom is 0.0459 e. The van der Waals surface area contributed by atoms with Crippen molar-refractivity contribution in [3.63, 3.8) is 0 Å². The molecular formula is C44H50N4. The van der Waals surface area contributed by atoms with Crippen LogP contribution in [-0.4, -0.2) is 59.0 Å². The van der Waals surface area contributed by atoms with Gasteiger partial charge < -0.3 is 19.8 Å². The Morgan fingerprint density at radius 2 is 0.812 bits per heavy atom. The molecule has 0 spiro atoms. The molecule has 2 aliphatic rings. The van der Waals surface area contributed by atoms with Crippen LogP contribution in [0.25, 0.3) is 21.8 Å². The summed E-state index contributed by atoms with van der Waals surface area (Å²) in [4.78, 5) is 13.1. The molecule has 2 N–H and O–H groups in total. The van der Waals surface area contributed by atoms with Gasteiger partial charge in [0.15, 0.2) is 0 Å². The summed E-state index contributed by atoms with van der Waals surface area (Å²) in [6.45, 7) is 6.98. The third-order valence-electron chi connectivity index (χ3n) is 11.2. The van der Waals surface area contributed by atoms with Crippen molar-refractivity contribution in [3.8, 4) is 0 Å². The predicted molar refractivity (Wildman–Crippen MR) is 201 cm³/mol. The lowest BCUT2D eigenvalue weighted by Gasteiger charge is -2.25. The van der Waals surface area contributed by atoms with E-state index in [0.29, 0.717) is 0 Å². The predicted octanol–water partition coefficient (Wildman–Crippen LogP) is 8.89. The molecule has 0 radical (unpaired) electrons. The van der Waals surface area contributed by atoms with E-state index in [0.717, 1.165) is 64.7 Å². The SMILES string of the molecule is c1ccc2c(c1)CCN(CCCCCCN1CCc3ccccc3Cc3[nH]c4ccccc4c3CC1)CCc1c([nH]c3ccccc13)C2. The second kappa shape index (κ2) is 14.6. The molecule has 0 amide bonds. The number of aromatic nitrogens is 2. The summed E-state index contributed by atoms with van der Waals surface area (Å²) in [6.07, 6.45) is 11.7. The van der Waals surface area contributed by atoms with E-state index >= 15 is 0 Å². The van der Waals surface area contributed by atoms with E-state index in [1.165, 1.54) is 105 Å². The monoisotopic (exact) mass is 634 g/mol. The van der Waals surface area contributed by atoms with Gasteiger partial charge in [0.05, 0.1) is 0 Å². The van der Waals surface area contributed by atoms with Crippen LogP contribution in [0.1, 0.15) is 70.5 Å². The highest BCUT2D eigenvalue weighted by Crippen LogP contribution is 2.29. The van der Waals surface area contributed by atoms with Crippen LogP contribution in [0, 0.1) is 0 Å². The Balaban J connectivity index is 0.879. The molecule has 246 valence electrons. The fourth-order valence-corrected chi connectivity index (χ4v) is 8.51. The quantitative estimate of drug-likeness (QED) is 0.172. The summed E-state index contributed by atoms with van der Waals surface area (Å²) in [6, 6.07) is 36.0.